The summed E-state index contributed by atoms with van der Waals surface area (Å²) in [5.74, 6) is 0. The van der Waals surface area contributed by atoms with Crippen LogP contribution in [0.1, 0.15) is 0 Å². The molecule has 0 spiro atoms. The summed E-state index contributed by atoms with van der Waals surface area (Å²) >= 11 is 0. The van der Waals surface area contributed by atoms with E-state index in [0.29, 0.717) is 0 Å². The van der Waals surface area contributed by atoms with Gasteiger partial charge in [0.15, 0.2) is 0 Å². The van der Waals surface area contributed by atoms with Gasteiger partial charge in [0.1, 0.15) is 0 Å². The fourth-order valence-corrected chi connectivity index (χ4v) is 5.43. The van der Waals surface area contributed by atoms with E-state index < -0.39 is 0 Å². The average molecular weight is 439 g/mol. The molecule has 1 heteroatoms. The first kappa shape index (κ1) is 19.9. The van der Waals surface area contributed by atoms with Crippen LogP contribution in [-0.4, -0.2) is 0 Å². The monoisotopic (exact) mass is 438 g/mol. The van der Waals surface area contributed by atoms with Crippen molar-refractivity contribution in [2.75, 3.05) is 0 Å². The van der Waals surface area contributed by atoms with E-state index in [1.165, 1.54) is 60.2 Å². The SMILES string of the molecule is Pc1cc2ccccc2c(-c2c(-c3ccccc3)ccc3ccccc23)c1-c1ccccc1. The van der Waals surface area contributed by atoms with Gasteiger partial charge in [0.05, 0.1) is 0 Å². The van der Waals surface area contributed by atoms with Crippen molar-refractivity contribution in [3.8, 4) is 33.4 Å². The van der Waals surface area contributed by atoms with Gasteiger partial charge in [-0.3, -0.25) is 0 Å². The third kappa shape index (κ3) is 3.44. The molecular formula is C32H23P. The van der Waals surface area contributed by atoms with E-state index in [0.717, 1.165) is 0 Å². The highest BCUT2D eigenvalue weighted by Gasteiger charge is 2.20. The Kier molecular flexibility index (Phi) is 5.02. The van der Waals surface area contributed by atoms with Crippen molar-refractivity contribution in [3.05, 3.63) is 127 Å². The van der Waals surface area contributed by atoms with Gasteiger partial charge in [-0.15, -0.1) is 9.24 Å². The molecule has 0 amide bonds. The Hall–Kier alpha value is -3.73. The summed E-state index contributed by atoms with van der Waals surface area (Å²) < 4.78 is 0. The van der Waals surface area contributed by atoms with E-state index in [-0.39, 0.29) is 0 Å². The Balaban J connectivity index is 1.85. The lowest BCUT2D eigenvalue weighted by Gasteiger charge is -2.21. The van der Waals surface area contributed by atoms with Crippen LogP contribution < -0.4 is 5.30 Å². The van der Waals surface area contributed by atoms with Crippen LogP contribution in [0, 0.1) is 0 Å². The Morgan fingerprint density at radius 3 is 1.64 bits per heavy atom. The molecule has 0 aliphatic rings. The maximum Gasteiger partial charge on any atom is -0.000809 e. The van der Waals surface area contributed by atoms with E-state index in [9.17, 15) is 0 Å². The van der Waals surface area contributed by atoms with Crippen LogP contribution in [0.2, 0.25) is 0 Å². The molecule has 0 bridgehead atoms. The molecule has 0 fully saturated rings. The zero-order valence-electron chi connectivity index (χ0n) is 18.2. The fourth-order valence-electron chi connectivity index (χ4n) is 4.94. The third-order valence-corrected chi connectivity index (χ3v) is 6.86. The van der Waals surface area contributed by atoms with Gasteiger partial charge in [-0.1, -0.05) is 121 Å². The molecule has 0 nitrogen and oxygen atoms in total. The predicted molar refractivity (Wildman–Crippen MR) is 147 cm³/mol. The zero-order valence-corrected chi connectivity index (χ0v) is 19.4. The first-order valence-corrected chi connectivity index (χ1v) is 11.8. The van der Waals surface area contributed by atoms with Crippen LogP contribution in [0.3, 0.4) is 0 Å². The number of hydrogen-bond donors (Lipinski definition) is 0. The van der Waals surface area contributed by atoms with Crippen LogP contribution >= 0.6 is 9.24 Å². The fraction of sp³-hybridized carbons (Fsp3) is 0. The van der Waals surface area contributed by atoms with Crippen molar-refractivity contribution in [2.45, 2.75) is 0 Å². The Morgan fingerprint density at radius 1 is 0.394 bits per heavy atom. The largest absolute Gasteiger partial charge is 0.105 e. The summed E-state index contributed by atoms with van der Waals surface area (Å²) in [6, 6.07) is 45.8. The van der Waals surface area contributed by atoms with Gasteiger partial charge in [0.25, 0.3) is 0 Å². The molecule has 0 saturated carbocycles. The van der Waals surface area contributed by atoms with Gasteiger partial charge < -0.3 is 0 Å². The maximum absolute atomic E-state index is 3.00. The molecule has 33 heavy (non-hydrogen) atoms. The van der Waals surface area contributed by atoms with Gasteiger partial charge in [-0.05, 0) is 66.3 Å². The van der Waals surface area contributed by atoms with Crippen LogP contribution in [0.15, 0.2) is 127 Å². The molecule has 0 aliphatic heterocycles. The van der Waals surface area contributed by atoms with E-state index in [1.54, 1.807) is 0 Å². The molecular weight excluding hydrogens is 415 g/mol. The van der Waals surface area contributed by atoms with E-state index in [4.69, 9.17) is 0 Å². The second-order valence-corrected chi connectivity index (χ2v) is 9.00. The molecule has 1 unspecified atom stereocenters. The summed E-state index contributed by atoms with van der Waals surface area (Å²) in [7, 11) is 3.00. The molecule has 0 heterocycles. The quantitative estimate of drug-likeness (QED) is 0.243. The number of benzene rings is 6. The predicted octanol–water partition coefficient (Wildman–Crippen LogP) is 8.49. The Morgan fingerprint density at radius 2 is 0.939 bits per heavy atom. The summed E-state index contributed by atoms with van der Waals surface area (Å²) in [4.78, 5) is 0. The van der Waals surface area contributed by atoms with Crippen molar-refractivity contribution in [1.82, 2.24) is 0 Å². The van der Waals surface area contributed by atoms with E-state index in [2.05, 4.69) is 137 Å². The smallest absolute Gasteiger partial charge is 0.000809 e. The van der Waals surface area contributed by atoms with Crippen LogP contribution in [0.5, 0.6) is 0 Å². The Labute approximate surface area is 196 Å². The summed E-state index contributed by atoms with van der Waals surface area (Å²) in [6.07, 6.45) is 0. The van der Waals surface area contributed by atoms with Crippen molar-refractivity contribution < 1.29 is 0 Å². The molecule has 0 radical (unpaired) electrons. The zero-order chi connectivity index (χ0) is 22.2. The highest BCUT2D eigenvalue weighted by atomic mass is 31.0. The highest BCUT2D eigenvalue weighted by molar-refractivity contribution is 7.28. The first-order chi connectivity index (χ1) is 16.3. The lowest BCUT2D eigenvalue weighted by atomic mass is 9.83. The maximum atomic E-state index is 3.00. The first-order valence-electron chi connectivity index (χ1n) is 11.3. The number of fused-ring (bicyclic) bond motifs is 2. The normalized spacial score (nSPS) is 11.2. The summed E-state index contributed by atoms with van der Waals surface area (Å²) in [5.41, 5.74) is 7.57. The standard InChI is InChI=1S/C32H23P/c33-29-21-25-16-8-10-18-27(25)32(30(29)24-14-5-2-6-15-24)31-26-17-9-7-13-23(26)19-20-28(31)22-11-3-1-4-12-22/h1-21H,33H2. The van der Waals surface area contributed by atoms with E-state index in [1.807, 2.05) is 0 Å². The van der Waals surface area contributed by atoms with E-state index >= 15 is 0 Å². The van der Waals surface area contributed by atoms with Gasteiger partial charge >= 0.3 is 0 Å². The molecule has 0 saturated heterocycles. The molecule has 0 aromatic heterocycles. The molecule has 0 aliphatic carbocycles. The van der Waals surface area contributed by atoms with Crippen LogP contribution in [-0.2, 0) is 0 Å². The second kappa shape index (κ2) is 8.32. The topological polar surface area (TPSA) is 0 Å². The van der Waals surface area contributed by atoms with Crippen molar-refractivity contribution in [3.63, 3.8) is 0 Å². The summed E-state index contributed by atoms with van der Waals surface area (Å²) in [5, 5.41) is 6.27. The molecule has 1 atom stereocenters. The minimum Gasteiger partial charge on any atom is -0.105 e. The molecule has 156 valence electrons. The molecule has 6 aromatic carbocycles. The molecule has 6 aromatic rings. The minimum atomic E-state index is 1.21. The highest BCUT2D eigenvalue weighted by Crippen LogP contribution is 2.45. The third-order valence-electron chi connectivity index (χ3n) is 6.41. The van der Waals surface area contributed by atoms with Crippen molar-refractivity contribution in [2.24, 2.45) is 0 Å². The van der Waals surface area contributed by atoms with Crippen LogP contribution in [0.25, 0.3) is 54.9 Å². The van der Waals surface area contributed by atoms with Gasteiger partial charge in [-0.25, -0.2) is 0 Å². The number of hydrogen-bond acceptors (Lipinski definition) is 0. The number of rotatable bonds is 3. The van der Waals surface area contributed by atoms with Crippen molar-refractivity contribution >= 4 is 36.1 Å². The minimum absolute atomic E-state index is 1.21. The lowest BCUT2D eigenvalue weighted by Crippen LogP contribution is -2.02. The van der Waals surface area contributed by atoms with Crippen LogP contribution in [0.4, 0.5) is 0 Å². The van der Waals surface area contributed by atoms with Gasteiger partial charge in [0, 0.05) is 0 Å². The Bertz CT molecular complexity index is 1600. The average Bonchev–Trinajstić information content (AvgIpc) is 2.88. The second-order valence-electron chi connectivity index (χ2n) is 8.38. The lowest BCUT2D eigenvalue weighted by molar-refractivity contribution is 1.61. The molecule has 6 rings (SSSR count). The molecule has 0 N–H and O–H groups in total. The van der Waals surface area contributed by atoms with Crippen molar-refractivity contribution in [1.29, 1.82) is 0 Å². The van der Waals surface area contributed by atoms with Gasteiger partial charge in [0.2, 0.25) is 0 Å². The summed E-state index contributed by atoms with van der Waals surface area (Å²) in [6.45, 7) is 0. The van der Waals surface area contributed by atoms with Gasteiger partial charge in [-0.2, -0.15) is 0 Å².